The summed E-state index contributed by atoms with van der Waals surface area (Å²) < 4.78 is 69.8. The highest BCUT2D eigenvalue weighted by Crippen LogP contribution is 2.81. The zero-order chi connectivity index (χ0) is 60.0. The van der Waals surface area contributed by atoms with Gasteiger partial charge in [-0.05, 0) is 111 Å². The van der Waals surface area contributed by atoms with Gasteiger partial charge in [-0.1, -0.05) is 68.2 Å². The van der Waals surface area contributed by atoms with Crippen LogP contribution in [0.2, 0.25) is 0 Å². The van der Waals surface area contributed by atoms with Crippen molar-refractivity contribution < 1.29 is 113 Å². The average Bonchev–Trinajstić information content (AvgIpc) is 2.03. The van der Waals surface area contributed by atoms with Gasteiger partial charge in [-0.2, -0.15) is 0 Å². The van der Waals surface area contributed by atoms with Crippen LogP contribution in [0.15, 0.2) is 0 Å². The normalized spacial score (nSPS) is 53.2. The van der Waals surface area contributed by atoms with E-state index in [1.807, 2.05) is 0 Å². The van der Waals surface area contributed by atoms with Gasteiger partial charge in [0.2, 0.25) is 0 Å². The van der Waals surface area contributed by atoms with E-state index in [0.29, 0.717) is 32.7 Å². The monoisotopic (exact) mass is 1190 g/mol. The molecule has 1 spiro atoms. The molecular weight excluding hydrogens is 1090 g/mol. The Labute approximate surface area is 488 Å². The lowest BCUT2D eigenvalue weighted by Gasteiger charge is -2.75. The summed E-state index contributed by atoms with van der Waals surface area (Å²) >= 11 is 0. The summed E-state index contributed by atoms with van der Waals surface area (Å²) in [5, 5.41) is 132. The SMILES string of the molecule is CCCCOC(OCCCC)[C@@]1(C)CC[C@]23CO[C@@]4(CC[C@@H]5[C@@]6(C)CC[C@H](O[C@@H]7OC[C@H](O[C@@H]8O[C@H](CO)[C@@H](O)[C@H](O)[C@H]8O[C@@H]8OC[C@@H](O)[C@H](O)[C@H]8O)[C@H](O)[C@H]7O[C@@H]7O[C@H](CO)[C@@H](O)[C@H](O)[C@H]7O)C(C)(C)[C@@H]6CC[C@@]5(C)[C@]4(C)C[C@@H]2O)[C@H]3C1. The van der Waals surface area contributed by atoms with Crippen molar-refractivity contribution in [2.45, 2.75) is 280 Å². The van der Waals surface area contributed by atoms with Crippen LogP contribution in [-0.4, -0.2) is 242 Å². The van der Waals surface area contributed by atoms with Crippen LogP contribution >= 0.6 is 0 Å². The van der Waals surface area contributed by atoms with Crippen LogP contribution < -0.4 is 0 Å². The first kappa shape index (κ1) is 65.0. The largest absolute Gasteiger partial charge is 0.394 e. The fourth-order valence-electron chi connectivity index (χ4n) is 18.6. The smallest absolute Gasteiger partial charge is 0.187 e. The maximum Gasteiger partial charge on any atom is 0.187 e. The Balaban J connectivity index is 0.891. The van der Waals surface area contributed by atoms with Gasteiger partial charge in [0.05, 0.1) is 50.8 Å². The zero-order valence-electron chi connectivity index (χ0n) is 50.1. The summed E-state index contributed by atoms with van der Waals surface area (Å²) in [4.78, 5) is 0. The van der Waals surface area contributed by atoms with Gasteiger partial charge in [-0.15, -0.1) is 0 Å². The molecule has 0 radical (unpaired) electrons. The molecule has 0 aromatic rings. The van der Waals surface area contributed by atoms with E-state index < -0.39 is 160 Å². The molecule has 83 heavy (non-hydrogen) atoms. The molecule has 23 nitrogen and oxygen atoms in total. The fourth-order valence-corrected chi connectivity index (χ4v) is 18.6. The third-order valence-electron chi connectivity index (χ3n) is 23.8. The van der Waals surface area contributed by atoms with Crippen LogP contribution in [0.25, 0.3) is 0 Å². The number of hydrogen-bond donors (Lipinski definition) is 12. The molecule has 0 amide bonds. The van der Waals surface area contributed by atoms with Crippen molar-refractivity contribution in [1.82, 2.24) is 0 Å². The molecule has 29 atom stereocenters. The molecule has 5 saturated heterocycles. The summed E-state index contributed by atoms with van der Waals surface area (Å²) in [5.41, 5.74) is -2.29. The molecule has 2 bridgehead atoms. The molecule has 5 saturated carbocycles. The van der Waals surface area contributed by atoms with Crippen LogP contribution in [0.3, 0.4) is 0 Å². The van der Waals surface area contributed by atoms with Crippen LogP contribution in [0, 0.1) is 50.2 Å². The second-order valence-corrected chi connectivity index (χ2v) is 28.5. The van der Waals surface area contributed by atoms with Crippen molar-refractivity contribution >= 4 is 0 Å². The van der Waals surface area contributed by atoms with Crippen molar-refractivity contribution in [1.29, 1.82) is 0 Å². The van der Waals surface area contributed by atoms with Crippen LogP contribution in [0.4, 0.5) is 0 Å². The Morgan fingerprint density at radius 3 is 1.80 bits per heavy atom. The molecule has 10 rings (SSSR count). The minimum Gasteiger partial charge on any atom is -0.394 e. The number of rotatable bonds is 19. The highest BCUT2D eigenvalue weighted by molar-refractivity contribution is 5.28. The first-order valence-corrected chi connectivity index (χ1v) is 31.3. The van der Waals surface area contributed by atoms with Gasteiger partial charge >= 0.3 is 0 Å². The predicted octanol–water partition coefficient (Wildman–Crippen LogP) is 0.867. The summed E-state index contributed by atoms with van der Waals surface area (Å²) in [6, 6.07) is 0. The number of aliphatic hydroxyl groups is 12. The Hall–Kier alpha value is -0.920. The zero-order valence-corrected chi connectivity index (χ0v) is 50.1. The van der Waals surface area contributed by atoms with E-state index in [1.54, 1.807) is 0 Å². The minimum absolute atomic E-state index is 0.130. The number of unbranched alkanes of at least 4 members (excludes halogenated alkanes) is 2. The van der Waals surface area contributed by atoms with E-state index in [0.717, 1.165) is 77.0 Å². The van der Waals surface area contributed by atoms with E-state index in [-0.39, 0.29) is 51.1 Å². The van der Waals surface area contributed by atoms with E-state index in [9.17, 15) is 61.3 Å². The van der Waals surface area contributed by atoms with Crippen molar-refractivity contribution in [2.24, 2.45) is 50.2 Å². The van der Waals surface area contributed by atoms with Gasteiger partial charge < -0.3 is 113 Å². The van der Waals surface area contributed by atoms with Gasteiger partial charge in [-0.3, -0.25) is 0 Å². The van der Waals surface area contributed by atoms with Gasteiger partial charge in [0.1, 0.15) is 85.5 Å². The number of hydrogen-bond acceptors (Lipinski definition) is 23. The molecule has 12 N–H and O–H groups in total. The van der Waals surface area contributed by atoms with E-state index in [2.05, 4.69) is 55.4 Å². The fraction of sp³-hybridized carbons (Fsp3) is 1.00. The Morgan fingerprint density at radius 1 is 0.530 bits per heavy atom. The second-order valence-electron chi connectivity index (χ2n) is 28.5. The molecular formula is C60H102O23. The lowest BCUT2D eigenvalue weighted by atomic mass is 9.30. The third-order valence-corrected chi connectivity index (χ3v) is 23.8. The predicted molar refractivity (Wildman–Crippen MR) is 290 cm³/mol. The Morgan fingerprint density at radius 2 is 1.13 bits per heavy atom. The standard InChI is InChI=1S/C60H102O23/c1-9-11-21-73-53(74-22-12-10-2)55(5)19-20-59-29-77-60(36(59)23-55)18-14-35-56(6)16-15-38(54(3,4)34(56)13-17-57(35,7)58(60,8)24-37(59)64)81-51-47(83-50-46(72)43(69)40(66)31(25-61)78-50)42(68)33(28-76-51)80-52-48(44(70)41(67)32(26-62)79-52)82-49-45(71)39(65)30(63)27-75-49/h30-53,61-72H,9-29H2,1-8H3/t30-,31-,32-,33+,34+,35-,36+,37+,38+,39+,40-,41-,42+,43+,44+,45-,46-,47-,48-,49+,50+,51+,52+,55+,56+,57-,58+,59-,60+/m1/s1. The average molecular weight is 1190 g/mol. The molecule has 10 aliphatic rings. The summed E-state index contributed by atoms with van der Waals surface area (Å²) in [6.45, 7) is 17.9. The molecule has 0 aromatic heterocycles. The second kappa shape index (κ2) is 24.7. The maximum atomic E-state index is 12.7. The highest BCUT2D eigenvalue weighted by Gasteiger charge is 2.80. The molecule has 5 aliphatic carbocycles. The minimum atomic E-state index is -1.89. The van der Waals surface area contributed by atoms with E-state index in [1.165, 1.54) is 0 Å². The van der Waals surface area contributed by atoms with Crippen LogP contribution in [0.1, 0.15) is 145 Å². The number of ether oxygens (including phenoxy) is 11. The van der Waals surface area contributed by atoms with E-state index in [4.69, 9.17) is 52.1 Å². The number of aliphatic hydroxyl groups excluding tert-OH is 12. The highest BCUT2D eigenvalue weighted by atomic mass is 16.8. The molecule has 5 aliphatic heterocycles. The first-order chi connectivity index (χ1) is 39.3. The molecule has 0 aromatic carbocycles. The Bertz CT molecular complexity index is 2150. The van der Waals surface area contributed by atoms with Gasteiger partial charge in [0.15, 0.2) is 31.5 Å². The van der Waals surface area contributed by atoms with Crippen molar-refractivity contribution in [3.8, 4) is 0 Å². The molecule has 0 unspecified atom stereocenters. The first-order valence-electron chi connectivity index (χ1n) is 31.3. The summed E-state index contributed by atoms with van der Waals surface area (Å²) in [5.74, 6) is 0.529. The van der Waals surface area contributed by atoms with Gasteiger partial charge in [0.25, 0.3) is 0 Å². The third kappa shape index (κ3) is 10.8. The lowest BCUT2D eigenvalue weighted by Crippen LogP contribution is -2.74. The van der Waals surface area contributed by atoms with Crippen molar-refractivity contribution in [3.05, 3.63) is 0 Å². The quantitative estimate of drug-likeness (QED) is 0.0485. The molecule has 10 fully saturated rings. The van der Waals surface area contributed by atoms with E-state index >= 15 is 0 Å². The topological polar surface area (TPSA) is 344 Å². The molecule has 23 heteroatoms. The van der Waals surface area contributed by atoms with Crippen molar-refractivity contribution in [3.63, 3.8) is 0 Å². The lowest BCUT2D eigenvalue weighted by molar-refractivity contribution is -0.392. The van der Waals surface area contributed by atoms with Crippen LogP contribution in [0.5, 0.6) is 0 Å². The molecule has 480 valence electrons. The summed E-state index contributed by atoms with van der Waals surface area (Å²) in [6.07, 6.45) is -19.0. The molecule has 5 heterocycles. The van der Waals surface area contributed by atoms with Crippen LogP contribution in [-0.2, 0) is 52.1 Å². The Kier molecular flexibility index (Phi) is 19.4. The summed E-state index contributed by atoms with van der Waals surface area (Å²) in [7, 11) is 0. The van der Waals surface area contributed by atoms with Gasteiger partial charge in [-0.25, -0.2) is 0 Å². The van der Waals surface area contributed by atoms with Crippen molar-refractivity contribution in [2.75, 3.05) is 46.2 Å². The maximum absolute atomic E-state index is 12.7. The van der Waals surface area contributed by atoms with Gasteiger partial charge in [0, 0.05) is 29.5 Å². The number of fused-ring (bicyclic) bond motifs is 4.